The highest BCUT2D eigenvalue weighted by Gasteiger charge is 2.20. The number of nitrogens with one attached hydrogen (secondary N) is 1. The topological polar surface area (TPSA) is 64.0 Å². The number of para-hydroxylation sites is 1. The summed E-state index contributed by atoms with van der Waals surface area (Å²) in [6.45, 7) is 5.67. The molecule has 0 bridgehead atoms. The SMILES string of the molecule is Cc1nn(-c2ccccc2)c(C)c1CNS(=O)(=O)c1cccc(Cl)c1C. The monoisotopic (exact) mass is 389 g/mol. The number of rotatable bonds is 5. The van der Waals surface area contributed by atoms with Crippen LogP contribution < -0.4 is 4.72 Å². The summed E-state index contributed by atoms with van der Waals surface area (Å²) in [5, 5.41) is 4.97. The second kappa shape index (κ2) is 7.23. The molecular formula is C19H20ClN3O2S. The smallest absolute Gasteiger partial charge is 0.238 e. The fourth-order valence-electron chi connectivity index (χ4n) is 2.88. The molecule has 5 nitrogen and oxygen atoms in total. The van der Waals surface area contributed by atoms with E-state index in [0.717, 1.165) is 22.6 Å². The standard InChI is InChI=1S/C19H20ClN3O2S/c1-13-18(20)10-7-11-19(13)26(24,25)21-12-17-14(2)22-23(15(17)3)16-8-5-4-6-9-16/h4-11,21H,12H2,1-3H3. The van der Waals surface area contributed by atoms with E-state index in [4.69, 9.17) is 11.6 Å². The van der Waals surface area contributed by atoms with Crippen LogP contribution in [0.1, 0.15) is 22.5 Å². The largest absolute Gasteiger partial charge is 0.241 e. The first-order valence-corrected chi connectivity index (χ1v) is 10.0. The van der Waals surface area contributed by atoms with Crippen molar-refractivity contribution in [3.63, 3.8) is 0 Å². The van der Waals surface area contributed by atoms with Gasteiger partial charge in [0.1, 0.15) is 0 Å². The zero-order chi connectivity index (χ0) is 18.9. The second-order valence-electron chi connectivity index (χ2n) is 6.08. The molecule has 3 rings (SSSR count). The maximum Gasteiger partial charge on any atom is 0.241 e. The molecule has 2 aromatic carbocycles. The molecule has 0 radical (unpaired) electrons. The number of aryl methyl sites for hydroxylation is 1. The molecule has 0 spiro atoms. The summed E-state index contributed by atoms with van der Waals surface area (Å²) in [5.74, 6) is 0. The summed E-state index contributed by atoms with van der Waals surface area (Å²) in [6, 6.07) is 14.6. The fourth-order valence-corrected chi connectivity index (χ4v) is 4.37. The molecule has 0 aliphatic rings. The molecule has 1 heterocycles. The third kappa shape index (κ3) is 3.53. The molecule has 136 valence electrons. The van der Waals surface area contributed by atoms with E-state index in [1.807, 2.05) is 48.9 Å². The number of aromatic nitrogens is 2. The van der Waals surface area contributed by atoms with E-state index in [0.29, 0.717) is 10.6 Å². The first kappa shape index (κ1) is 18.6. The van der Waals surface area contributed by atoms with E-state index >= 15 is 0 Å². The minimum Gasteiger partial charge on any atom is -0.238 e. The van der Waals surface area contributed by atoms with Gasteiger partial charge in [-0.3, -0.25) is 0 Å². The molecule has 0 fully saturated rings. The number of benzene rings is 2. The Morgan fingerprint density at radius 1 is 1.04 bits per heavy atom. The molecule has 0 aliphatic heterocycles. The molecular weight excluding hydrogens is 370 g/mol. The van der Waals surface area contributed by atoms with Gasteiger partial charge in [-0.15, -0.1) is 0 Å². The maximum atomic E-state index is 12.7. The van der Waals surface area contributed by atoms with Crippen molar-refractivity contribution in [2.24, 2.45) is 0 Å². The maximum absolute atomic E-state index is 12.7. The normalized spacial score (nSPS) is 11.7. The van der Waals surface area contributed by atoms with Crippen LogP contribution in [0.2, 0.25) is 5.02 Å². The highest BCUT2D eigenvalue weighted by molar-refractivity contribution is 7.89. The third-order valence-electron chi connectivity index (χ3n) is 4.39. The van der Waals surface area contributed by atoms with Crippen LogP contribution in [0.15, 0.2) is 53.4 Å². The third-order valence-corrected chi connectivity index (χ3v) is 6.34. The summed E-state index contributed by atoms with van der Waals surface area (Å²) >= 11 is 6.05. The Balaban J connectivity index is 1.89. The molecule has 0 saturated heterocycles. The van der Waals surface area contributed by atoms with E-state index in [9.17, 15) is 8.42 Å². The van der Waals surface area contributed by atoms with E-state index in [2.05, 4.69) is 9.82 Å². The minimum absolute atomic E-state index is 0.165. The first-order valence-electron chi connectivity index (χ1n) is 8.16. The van der Waals surface area contributed by atoms with Crippen molar-refractivity contribution >= 4 is 21.6 Å². The van der Waals surface area contributed by atoms with Gasteiger partial charge in [0.25, 0.3) is 0 Å². The lowest BCUT2D eigenvalue weighted by Gasteiger charge is -2.11. The molecule has 1 N–H and O–H groups in total. The zero-order valence-electron chi connectivity index (χ0n) is 14.8. The van der Waals surface area contributed by atoms with E-state index in [1.54, 1.807) is 25.1 Å². The van der Waals surface area contributed by atoms with Crippen molar-refractivity contribution < 1.29 is 8.42 Å². The molecule has 26 heavy (non-hydrogen) atoms. The summed E-state index contributed by atoms with van der Waals surface area (Å²) < 4.78 is 29.9. The van der Waals surface area contributed by atoms with Crippen molar-refractivity contribution in [1.29, 1.82) is 0 Å². The fraction of sp³-hybridized carbons (Fsp3) is 0.211. The van der Waals surface area contributed by atoms with Crippen molar-refractivity contribution in [3.8, 4) is 5.69 Å². The molecule has 1 aromatic heterocycles. The highest BCUT2D eigenvalue weighted by Crippen LogP contribution is 2.23. The van der Waals surface area contributed by atoms with Crippen LogP contribution in [-0.4, -0.2) is 18.2 Å². The Kier molecular flexibility index (Phi) is 5.18. The van der Waals surface area contributed by atoms with Crippen LogP contribution in [0.25, 0.3) is 5.69 Å². The van der Waals surface area contributed by atoms with Gasteiger partial charge in [0, 0.05) is 22.8 Å². The van der Waals surface area contributed by atoms with Crippen LogP contribution in [0.4, 0.5) is 0 Å². The molecule has 7 heteroatoms. The van der Waals surface area contributed by atoms with Gasteiger partial charge in [0.05, 0.1) is 16.3 Å². The van der Waals surface area contributed by atoms with Crippen molar-refractivity contribution in [2.45, 2.75) is 32.2 Å². The van der Waals surface area contributed by atoms with E-state index in [1.165, 1.54) is 0 Å². The lowest BCUT2D eigenvalue weighted by molar-refractivity contribution is 0.580. The van der Waals surface area contributed by atoms with E-state index < -0.39 is 10.0 Å². The first-order chi connectivity index (χ1) is 12.3. The van der Waals surface area contributed by atoms with E-state index in [-0.39, 0.29) is 11.4 Å². The number of hydrogen-bond acceptors (Lipinski definition) is 3. The summed E-state index contributed by atoms with van der Waals surface area (Å²) in [7, 11) is -3.67. The number of nitrogens with zero attached hydrogens (tertiary/aromatic N) is 2. The van der Waals surface area contributed by atoms with Gasteiger partial charge in [0.2, 0.25) is 10.0 Å². The quantitative estimate of drug-likeness (QED) is 0.719. The molecule has 0 saturated carbocycles. The Hall–Kier alpha value is -2.15. The summed E-state index contributed by atoms with van der Waals surface area (Å²) in [4.78, 5) is 0.191. The van der Waals surface area contributed by atoms with Crippen molar-refractivity contribution in [3.05, 3.63) is 76.1 Å². The van der Waals surface area contributed by atoms with Crippen LogP contribution in [0.5, 0.6) is 0 Å². The average molecular weight is 390 g/mol. The Morgan fingerprint density at radius 2 is 1.73 bits per heavy atom. The van der Waals surface area contributed by atoms with Gasteiger partial charge in [-0.2, -0.15) is 5.10 Å². The molecule has 0 atom stereocenters. The van der Waals surface area contributed by atoms with Gasteiger partial charge in [-0.25, -0.2) is 17.8 Å². The lowest BCUT2D eigenvalue weighted by Crippen LogP contribution is -2.24. The molecule has 3 aromatic rings. The molecule has 0 aliphatic carbocycles. The van der Waals surface area contributed by atoms with Crippen LogP contribution in [0, 0.1) is 20.8 Å². The number of hydrogen-bond donors (Lipinski definition) is 1. The molecule has 0 unspecified atom stereocenters. The molecule has 0 amide bonds. The summed E-state index contributed by atoms with van der Waals surface area (Å²) in [5.41, 5.74) is 4.02. The second-order valence-corrected chi connectivity index (χ2v) is 8.23. The predicted molar refractivity (Wildman–Crippen MR) is 103 cm³/mol. The van der Waals surface area contributed by atoms with Crippen molar-refractivity contribution in [2.75, 3.05) is 0 Å². The van der Waals surface area contributed by atoms with Crippen LogP contribution in [-0.2, 0) is 16.6 Å². The Morgan fingerprint density at radius 3 is 2.42 bits per heavy atom. The lowest BCUT2D eigenvalue weighted by atomic mass is 10.2. The highest BCUT2D eigenvalue weighted by atomic mass is 35.5. The van der Waals surface area contributed by atoms with Gasteiger partial charge >= 0.3 is 0 Å². The Bertz CT molecular complexity index is 1040. The Labute approximate surface area is 158 Å². The summed E-state index contributed by atoms with van der Waals surface area (Å²) in [6.07, 6.45) is 0. The minimum atomic E-state index is -3.67. The zero-order valence-corrected chi connectivity index (χ0v) is 16.4. The van der Waals surface area contributed by atoms with Gasteiger partial charge in [-0.1, -0.05) is 35.9 Å². The van der Waals surface area contributed by atoms with Gasteiger partial charge < -0.3 is 0 Å². The van der Waals surface area contributed by atoms with Gasteiger partial charge in [-0.05, 0) is 50.6 Å². The average Bonchev–Trinajstić information content (AvgIpc) is 2.90. The number of halogens is 1. The van der Waals surface area contributed by atoms with Gasteiger partial charge in [0.15, 0.2) is 0 Å². The van der Waals surface area contributed by atoms with Crippen LogP contribution in [0.3, 0.4) is 0 Å². The van der Waals surface area contributed by atoms with Crippen molar-refractivity contribution in [1.82, 2.24) is 14.5 Å². The predicted octanol–water partition coefficient (Wildman–Crippen LogP) is 3.93. The number of sulfonamides is 1. The van der Waals surface area contributed by atoms with Crippen LogP contribution >= 0.6 is 11.6 Å².